The lowest BCUT2D eigenvalue weighted by atomic mass is 9.96. The van der Waals surface area contributed by atoms with Crippen molar-refractivity contribution in [2.24, 2.45) is 5.41 Å². The standard InChI is InChI=1S/C33H31F3N8/c1-5-20-17-39-29-21(16-37)14-22(15-25(29)28(20)40-19-31(2,3)4)41-30(24-8-6-10-26-23(24)9-7-13-38-26)27-18-44(43-42-27)32(11-12-32)33(34,35)36/h1,6-10,13-15,17-18,30,41-43H,11-12,19H2,2-4H3,(H,39,40)/t30-/m0/s1. The van der Waals surface area contributed by atoms with Gasteiger partial charge in [-0.25, -0.2) is 0 Å². The molecular formula is C33H31F3N8. The number of benzene rings is 2. The van der Waals surface area contributed by atoms with Gasteiger partial charge in [0.1, 0.15) is 6.07 Å². The first kappa shape index (κ1) is 29.1. The number of hydrogen-bond donors (Lipinski definition) is 4. The van der Waals surface area contributed by atoms with E-state index in [0.717, 1.165) is 21.5 Å². The largest absolute Gasteiger partial charge is 0.413 e. The molecule has 0 unspecified atom stereocenters. The van der Waals surface area contributed by atoms with Crippen molar-refractivity contribution in [3.63, 3.8) is 0 Å². The Labute approximate surface area is 253 Å². The van der Waals surface area contributed by atoms with Crippen LogP contribution in [0.25, 0.3) is 21.8 Å². The lowest BCUT2D eigenvalue weighted by Gasteiger charge is -2.28. The van der Waals surface area contributed by atoms with E-state index in [0.29, 0.717) is 45.6 Å². The monoisotopic (exact) mass is 596 g/mol. The number of fused-ring (bicyclic) bond motifs is 2. The van der Waals surface area contributed by atoms with Crippen molar-refractivity contribution < 1.29 is 13.2 Å². The van der Waals surface area contributed by atoms with Gasteiger partial charge in [0.15, 0.2) is 5.54 Å². The molecule has 1 aliphatic heterocycles. The molecule has 0 spiro atoms. The summed E-state index contributed by atoms with van der Waals surface area (Å²) in [6.45, 7) is 6.91. The number of hydrazine groups is 2. The normalized spacial score (nSPS) is 16.5. The number of nitrogens with zero attached hydrogens (tertiary/aromatic N) is 4. The van der Waals surface area contributed by atoms with E-state index in [9.17, 15) is 18.4 Å². The van der Waals surface area contributed by atoms with Crippen LogP contribution in [0.4, 0.5) is 24.5 Å². The molecule has 3 heterocycles. The molecule has 0 amide bonds. The lowest BCUT2D eigenvalue weighted by molar-refractivity contribution is -0.195. The third-order valence-corrected chi connectivity index (χ3v) is 7.96. The Bertz CT molecular complexity index is 1870. The van der Waals surface area contributed by atoms with Crippen molar-refractivity contribution in [1.29, 1.82) is 5.26 Å². The van der Waals surface area contributed by atoms with Gasteiger partial charge in [-0.1, -0.05) is 44.9 Å². The van der Waals surface area contributed by atoms with Crippen LogP contribution in [0.2, 0.25) is 0 Å². The number of alkyl halides is 3. The number of nitrogens with one attached hydrogen (secondary N) is 4. The van der Waals surface area contributed by atoms with Crippen molar-refractivity contribution in [2.75, 3.05) is 17.2 Å². The van der Waals surface area contributed by atoms with Gasteiger partial charge in [0.25, 0.3) is 0 Å². The average molecular weight is 597 g/mol. The van der Waals surface area contributed by atoms with E-state index in [1.807, 2.05) is 36.4 Å². The van der Waals surface area contributed by atoms with Crippen LogP contribution in [-0.4, -0.2) is 33.2 Å². The molecule has 0 radical (unpaired) electrons. The summed E-state index contributed by atoms with van der Waals surface area (Å²) in [4.78, 5) is 8.98. The summed E-state index contributed by atoms with van der Waals surface area (Å²) < 4.78 is 42.0. The molecule has 4 aromatic rings. The highest BCUT2D eigenvalue weighted by Crippen LogP contribution is 2.54. The Morgan fingerprint density at radius 1 is 1.09 bits per heavy atom. The van der Waals surface area contributed by atoms with E-state index in [1.54, 1.807) is 18.5 Å². The van der Waals surface area contributed by atoms with Gasteiger partial charge in [0, 0.05) is 41.6 Å². The smallest absolute Gasteiger partial charge is 0.383 e. The van der Waals surface area contributed by atoms with Crippen LogP contribution in [0.5, 0.6) is 0 Å². The third kappa shape index (κ3) is 5.20. The first-order chi connectivity index (χ1) is 20.9. The molecule has 6 rings (SSSR count). The van der Waals surface area contributed by atoms with Crippen LogP contribution in [0, 0.1) is 29.1 Å². The maximum Gasteiger partial charge on any atom is 0.413 e. The Morgan fingerprint density at radius 3 is 2.57 bits per heavy atom. The summed E-state index contributed by atoms with van der Waals surface area (Å²) >= 11 is 0. The number of halogens is 3. The molecular weight excluding hydrogens is 565 g/mol. The zero-order valence-corrected chi connectivity index (χ0v) is 24.5. The Balaban J connectivity index is 1.49. The molecule has 2 aromatic carbocycles. The summed E-state index contributed by atoms with van der Waals surface area (Å²) in [6.07, 6.45) is 6.16. The Hall–Kier alpha value is -5.00. The van der Waals surface area contributed by atoms with E-state index in [-0.39, 0.29) is 18.3 Å². The minimum atomic E-state index is -4.40. The summed E-state index contributed by atoms with van der Waals surface area (Å²) in [6, 6.07) is 14.5. The molecule has 1 atom stereocenters. The van der Waals surface area contributed by atoms with Gasteiger partial charge in [0.05, 0.1) is 39.6 Å². The third-order valence-electron chi connectivity index (χ3n) is 7.96. The van der Waals surface area contributed by atoms with Gasteiger partial charge in [-0.2, -0.15) is 18.4 Å². The van der Waals surface area contributed by atoms with Crippen molar-refractivity contribution in [2.45, 2.75) is 51.4 Å². The van der Waals surface area contributed by atoms with Gasteiger partial charge < -0.3 is 16.1 Å². The lowest BCUT2D eigenvalue weighted by Crippen LogP contribution is -2.52. The SMILES string of the molecule is C#Cc1cnc2c(C#N)cc(N[C@H](C3=CN(C4(C(F)(F)F)CC4)NN3)c3cccc4ncccc34)cc2c1NCC(C)(C)C. The summed E-state index contributed by atoms with van der Waals surface area (Å²) in [5, 5.41) is 19.7. The van der Waals surface area contributed by atoms with Crippen molar-refractivity contribution in [3.05, 3.63) is 83.4 Å². The molecule has 0 saturated heterocycles. The van der Waals surface area contributed by atoms with E-state index in [4.69, 9.17) is 6.42 Å². The predicted molar refractivity (Wildman–Crippen MR) is 165 cm³/mol. The van der Waals surface area contributed by atoms with E-state index < -0.39 is 17.8 Å². The maximum atomic E-state index is 14.0. The Morgan fingerprint density at radius 2 is 1.89 bits per heavy atom. The van der Waals surface area contributed by atoms with Crippen LogP contribution < -0.4 is 21.6 Å². The Kier molecular flexibility index (Phi) is 7.02. The van der Waals surface area contributed by atoms with Crippen LogP contribution in [-0.2, 0) is 0 Å². The molecule has 8 nitrogen and oxygen atoms in total. The number of terminal acetylenes is 1. The summed E-state index contributed by atoms with van der Waals surface area (Å²) in [5.74, 6) is 2.69. The highest BCUT2D eigenvalue weighted by atomic mass is 19.4. The fourth-order valence-corrected chi connectivity index (χ4v) is 5.48. The molecule has 44 heavy (non-hydrogen) atoms. The summed E-state index contributed by atoms with van der Waals surface area (Å²) in [5.41, 5.74) is 8.30. The number of anilines is 2. The topological polar surface area (TPSA) is 101 Å². The molecule has 4 N–H and O–H groups in total. The molecule has 2 aliphatic rings. The number of rotatable bonds is 7. The van der Waals surface area contributed by atoms with Crippen molar-refractivity contribution in [3.8, 4) is 18.4 Å². The van der Waals surface area contributed by atoms with Crippen LogP contribution in [0.3, 0.4) is 0 Å². The highest BCUT2D eigenvalue weighted by molar-refractivity contribution is 5.99. The molecule has 0 bridgehead atoms. The van der Waals surface area contributed by atoms with E-state index >= 15 is 0 Å². The molecule has 2 aromatic heterocycles. The van der Waals surface area contributed by atoms with Crippen molar-refractivity contribution in [1.82, 2.24) is 25.9 Å². The highest BCUT2D eigenvalue weighted by Gasteiger charge is 2.67. The maximum absolute atomic E-state index is 14.0. The molecule has 1 saturated carbocycles. The number of nitriles is 1. The van der Waals surface area contributed by atoms with Crippen LogP contribution >= 0.6 is 0 Å². The summed E-state index contributed by atoms with van der Waals surface area (Å²) in [7, 11) is 0. The predicted octanol–water partition coefficient (Wildman–Crippen LogP) is 6.51. The van der Waals surface area contributed by atoms with Gasteiger partial charge in [0.2, 0.25) is 0 Å². The average Bonchev–Trinajstić information content (AvgIpc) is 3.68. The second-order valence-corrected chi connectivity index (χ2v) is 12.4. The quantitative estimate of drug-likeness (QED) is 0.179. The second-order valence-electron chi connectivity index (χ2n) is 12.4. The van der Waals surface area contributed by atoms with Gasteiger partial charge in [-0.15, -0.1) is 12.0 Å². The van der Waals surface area contributed by atoms with Gasteiger partial charge in [-0.3, -0.25) is 15.0 Å². The molecule has 11 heteroatoms. The van der Waals surface area contributed by atoms with E-state index in [2.05, 4.69) is 64.3 Å². The first-order valence-corrected chi connectivity index (χ1v) is 14.2. The van der Waals surface area contributed by atoms with Gasteiger partial charge >= 0.3 is 6.18 Å². The first-order valence-electron chi connectivity index (χ1n) is 14.2. The molecule has 224 valence electrons. The second kappa shape index (κ2) is 10.6. The van der Waals surface area contributed by atoms with Gasteiger partial charge in [-0.05, 0) is 48.1 Å². The zero-order valence-electron chi connectivity index (χ0n) is 24.5. The fourth-order valence-electron chi connectivity index (χ4n) is 5.48. The minimum absolute atomic E-state index is 0.00367. The fraction of sp³-hybridized carbons (Fsp3) is 0.303. The van der Waals surface area contributed by atoms with E-state index in [1.165, 1.54) is 6.20 Å². The number of hydrogen-bond acceptors (Lipinski definition) is 8. The number of pyridine rings is 2. The van der Waals surface area contributed by atoms with Crippen molar-refractivity contribution >= 4 is 33.2 Å². The molecule has 1 fully saturated rings. The van der Waals surface area contributed by atoms with Crippen LogP contribution in [0.15, 0.2) is 66.8 Å². The number of aromatic nitrogens is 2. The van der Waals surface area contributed by atoms with Crippen LogP contribution in [0.1, 0.15) is 56.3 Å². The molecule has 1 aliphatic carbocycles. The minimum Gasteiger partial charge on any atom is -0.383 e. The zero-order chi connectivity index (χ0) is 31.3.